The minimum atomic E-state index is 0.774. The van der Waals surface area contributed by atoms with Gasteiger partial charge in [-0.05, 0) is 63.9 Å². The largest absolute Gasteiger partial charge is 0.385 e. The summed E-state index contributed by atoms with van der Waals surface area (Å²) in [5.41, 5.74) is 3.98. The first-order chi connectivity index (χ1) is 8.66. The number of nitrogens with one attached hydrogen (secondary N) is 1. The van der Waals surface area contributed by atoms with E-state index in [1.807, 2.05) is 0 Å². The van der Waals surface area contributed by atoms with E-state index in [1.54, 1.807) is 0 Å². The summed E-state index contributed by atoms with van der Waals surface area (Å²) in [6.07, 6.45) is 5.39. The van der Waals surface area contributed by atoms with Gasteiger partial charge in [-0.1, -0.05) is 18.6 Å². The maximum absolute atomic E-state index is 3.59. The van der Waals surface area contributed by atoms with Crippen molar-refractivity contribution < 1.29 is 0 Å². The Labute approximate surface area is 111 Å². The van der Waals surface area contributed by atoms with Crippen molar-refractivity contribution in [3.8, 4) is 0 Å². The van der Waals surface area contributed by atoms with E-state index in [4.69, 9.17) is 0 Å². The molecule has 0 bridgehead atoms. The first-order valence-corrected chi connectivity index (χ1v) is 7.18. The number of hydrogen-bond donors (Lipinski definition) is 1. The average Bonchev–Trinajstić information content (AvgIpc) is 2.36. The van der Waals surface area contributed by atoms with E-state index in [2.05, 4.69) is 49.3 Å². The molecule has 1 atom stereocenters. The first-order valence-electron chi connectivity index (χ1n) is 7.18. The Kier molecular flexibility index (Phi) is 4.65. The molecule has 1 N–H and O–H groups in total. The Balaban J connectivity index is 1.82. The SMILES string of the molecule is Cc1ccc(C)c(NCCC2CCCCN2C)c1. The highest BCUT2D eigenvalue weighted by Gasteiger charge is 2.17. The fourth-order valence-electron chi connectivity index (χ4n) is 2.81. The summed E-state index contributed by atoms with van der Waals surface area (Å²) in [6.45, 7) is 6.68. The van der Waals surface area contributed by atoms with Gasteiger partial charge in [-0.25, -0.2) is 0 Å². The average molecular weight is 246 g/mol. The second-order valence-corrected chi connectivity index (χ2v) is 5.66. The molecule has 0 amide bonds. The predicted octanol–water partition coefficient (Wildman–Crippen LogP) is 3.59. The molecule has 18 heavy (non-hydrogen) atoms. The molecule has 0 aliphatic carbocycles. The Morgan fingerprint density at radius 1 is 1.28 bits per heavy atom. The first kappa shape index (κ1) is 13.4. The van der Waals surface area contributed by atoms with Crippen LogP contribution in [0.15, 0.2) is 18.2 Å². The monoisotopic (exact) mass is 246 g/mol. The molecule has 1 aromatic rings. The van der Waals surface area contributed by atoms with Crippen molar-refractivity contribution in [1.82, 2.24) is 4.90 Å². The third kappa shape index (κ3) is 3.49. The predicted molar refractivity (Wildman–Crippen MR) is 79.3 cm³/mol. The van der Waals surface area contributed by atoms with Gasteiger partial charge >= 0.3 is 0 Å². The van der Waals surface area contributed by atoms with Gasteiger partial charge in [0.1, 0.15) is 0 Å². The van der Waals surface area contributed by atoms with E-state index < -0.39 is 0 Å². The lowest BCUT2D eigenvalue weighted by Gasteiger charge is -2.32. The fraction of sp³-hybridized carbons (Fsp3) is 0.625. The van der Waals surface area contributed by atoms with E-state index in [1.165, 1.54) is 49.0 Å². The number of likely N-dealkylation sites (tertiary alicyclic amines) is 1. The summed E-state index contributed by atoms with van der Waals surface area (Å²) in [6, 6.07) is 7.40. The molecule has 1 aromatic carbocycles. The summed E-state index contributed by atoms with van der Waals surface area (Å²) in [5.74, 6) is 0. The number of rotatable bonds is 4. The van der Waals surface area contributed by atoms with Gasteiger partial charge < -0.3 is 10.2 Å². The Morgan fingerprint density at radius 2 is 2.11 bits per heavy atom. The van der Waals surface area contributed by atoms with E-state index in [9.17, 15) is 0 Å². The minimum Gasteiger partial charge on any atom is -0.385 e. The number of benzene rings is 1. The third-order valence-corrected chi connectivity index (χ3v) is 4.11. The second-order valence-electron chi connectivity index (χ2n) is 5.66. The number of aryl methyl sites for hydroxylation is 2. The zero-order chi connectivity index (χ0) is 13.0. The highest BCUT2D eigenvalue weighted by Crippen LogP contribution is 2.19. The number of nitrogens with zero attached hydrogens (tertiary/aromatic N) is 1. The molecule has 0 radical (unpaired) electrons. The van der Waals surface area contributed by atoms with Gasteiger partial charge in [-0.15, -0.1) is 0 Å². The van der Waals surface area contributed by atoms with Crippen LogP contribution in [-0.4, -0.2) is 31.1 Å². The van der Waals surface area contributed by atoms with Crippen LogP contribution in [0.5, 0.6) is 0 Å². The molecule has 1 aliphatic heterocycles. The number of hydrogen-bond acceptors (Lipinski definition) is 2. The summed E-state index contributed by atoms with van der Waals surface area (Å²) < 4.78 is 0. The zero-order valence-corrected chi connectivity index (χ0v) is 12.0. The van der Waals surface area contributed by atoms with Crippen LogP contribution < -0.4 is 5.32 Å². The van der Waals surface area contributed by atoms with Gasteiger partial charge in [0.25, 0.3) is 0 Å². The van der Waals surface area contributed by atoms with Crippen molar-refractivity contribution >= 4 is 5.69 Å². The van der Waals surface area contributed by atoms with E-state index in [-0.39, 0.29) is 0 Å². The molecule has 2 nitrogen and oxygen atoms in total. The molecule has 1 aliphatic rings. The lowest BCUT2D eigenvalue weighted by molar-refractivity contribution is 0.179. The second kappa shape index (κ2) is 6.24. The molecule has 1 unspecified atom stereocenters. The van der Waals surface area contributed by atoms with Crippen LogP contribution in [0.1, 0.15) is 36.8 Å². The highest BCUT2D eigenvalue weighted by molar-refractivity contribution is 5.52. The van der Waals surface area contributed by atoms with Crippen LogP contribution in [0, 0.1) is 13.8 Å². The topological polar surface area (TPSA) is 15.3 Å². The summed E-state index contributed by atoms with van der Waals surface area (Å²) in [4.78, 5) is 2.52. The van der Waals surface area contributed by atoms with Crippen molar-refractivity contribution in [2.45, 2.75) is 45.6 Å². The highest BCUT2D eigenvalue weighted by atomic mass is 15.1. The Morgan fingerprint density at radius 3 is 2.89 bits per heavy atom. The molecule has 0 aromatic heterocycles. The summed E-state index contributed by atoms with van der Waals surface area (Å²) >= 11 is 0. The van der Waals surface area contributed by atoms with Gasteiger partial charge in [-0.3, -0.25) is 0 Å². The van der Waals surface area contributed by atoms with Crippen molar-refractivity contribution in [3.63, 3.8) is 0 Å². The van der Waals surface area contributed by atoms with Gasteiger partial charge in [0.05, 0.1) is 0 Å². The zero-order valence-electron chi connectivity index (χ0n) is 12.0. The molecular weight excluding hydrogens is 220 g/mol. The molecule has 1 heterocycles. The van der Waals surface area contributed by atoms with Crippen molar-refractivity contribution in [1.29, 1.82) is 0 Å². The minimum absolute atomic E-state index is 0.774. The van der Waals surface area contributed by atoms with Crippen molar-refractivity contribution in [2.24, 2.45) is 0 Å². The van der Waals surface area contributed by atoms with Gasteiger partial charge in [-0.2, -0.15) is 0 Å². The standard InChI is InChI=1S/C16H26N2/c1-13-7-8-14(2)16(12-13)17-10-9-15-6-4-5-11-18(15)3/h7-8,12,15,17H,4-6,9-11H2,1-3H3. The van der Waals surface area contributed by atoms with E-state index >= 15 is 0 Å². The molecule has 2 heteroatoms. The third-order valence-electron chi connectivity index (χ3n) is 4.11. The van der Waals surface area contributed by atoms with Crippen LogP contribution >= 0.6 is 0 Å². The lowest BCUT2D eigenvalue weighted by Crippen LogP contribution is -2.37. The maximum Gasteiger partial charge on any atom is 0.0372 e. The molecular formula is C16H26N2. The number of piperidine rings is 1. The van der Waals surface area contributed by atoms with Crippen LogP contribution in [0.2, 0.25) is 0 Å². The maximum atomic E-state index is 3.59. The normalized spacial score (nSPS) is 20.9. The van der Waals surface area contributed by atoms with E-state index in [0.717, 1.165) is 12.6 Å². The van der Waals surface area contributed by atoms with Gasteiger partial charge in [0.15, 0.2) is 0 Å². The molecule has 1 saturated heterocycles. The van der Waals surface area contributed by atoms with E-state index in [0.29, 0.717) is 0 Å². The molecule has 0 saturated carbocycles. The molecule has 100 valence electrons. The smallest absolute Gasteiger partial charge is 0.0372 e. The van der Waals surface area contributed by atoms with Crippen LogP contribution in [0.3, 0.4) is 0 Å². The Hall–Kier alpha value is -1.02. The molecule has 0 spiro atoms. The lowest BCUT2D eigenvalue weighted by atomic mass is 10.00. The van der Waals surface area contributed by atoms with Gasteiger partial charge in [0, 0.05) is 18.3 Å². The van der Waals surface area contributed by atoms with Crippen LogP contribution in [0.25, 0.3) is 0 Å². The molecule has 2 rings (SSSR count). The van der Waals surface area contributed by atoms with Crippen molar-refractivity contribution in [2.75, 3.05) is 25.5 Å². The number of anilines is 1. The summed E-state index contributed by atoms with van der Waals surface area (Å²) in [5, 5.41) is 3.59. The van der Waals surface area contributed by atoms with Crippen LogP contribution in [-0.2, 0) is 0 Å². The summed E-state index contributed by atoms with van der Waals surface area (Å²) in [7, 11) is 2.27. The van der Waals surface area contributed by atoms with Crippen LogP contribution in [0.4, 0.5) is 5.69 Å². The van der Waals surface area contributed by atoms with Crippen molar-refractivity contribution in [3.05, 3.63) is 29.3 Å². The molecule has 1 fully saturated rings. The Bertz CT molecular complexity index is 387. The fourth-order valence-corrected chi connectivity index (χ4v) is 2.81. The quantitative estimate of drug-likeness (QED) is 0.873. The van der Waals surface area contributed by atoms with Gasteiger partial charge in [0.2, 0.25) is 0 Å².